The number of halogens is 1. The second-order valence-electron chi connectivity index (χ2n) is 4.14. The Kier molecular flexibility index (Phi) is 8.71. The topological polar surface area (TPSA) is 83.7 Å². The number of hydrogen-bond donors (Lipinski definition) is 1. The van der Waals surface area contributed by atoms with Crippen molar-refractivity contribution in [3.63, 3.8) is 0 Å². The largest absolute Gasteiger partial charge is 0.395 e. The van der Waals surface area contributed by atoms with E-state index in [9.17, 15) is 14.9 Å². The van der Waals surface area contributed by atoms with E-state index < -0.39 is 4.92 Å². The van der Waals surface area contributed by atoms with Crippen LogP contribution in [0.25, 0.3) is 0 Å². The fourth-order valence-electron chi connectivity index (χ4n) is 1.74. The fourth-order valence-corrected chi connectivity index (χ4v) is 1.74. The number of nitro groups is 1. The SMILES string of the molecule is CCN(CCO)CCC(=O)c1ccc([N+](=O)[O-])cc1.Cl. The van der Waals surface area contributed by atoms with E-state index in [1.807, 2.05) is 11.8 Å². The van der Waals surface area contributed by atoms with Gasteiger partial charge in [-0.1, -0.05) is 6.92 Å². The highest BCUT2D eigenvalue weighted by Gasteiger charge is 2.11. The molecule has 0 radical (unpaired) electrons. The number of nitrogens with zero attached hydrogens (tertiary/aromatic N) is 2. The molecular weight excluding hydrogens is 284 g/mol. The van der Waals surface area contributed by atoms with Crippen molar-refractivity contribution < 1.29 is 14.8 Å². The molecule has 0 atom stereocenters. The number of ketones is 1. The maximum atomic E-state index is 11.9. The van der Waals surface area contributed by atoms with Gasteiger partial charge in [-0.3, -0.25) is 14.9 Å². The van der Waals surface area contributed by atoms with Gasteiger partial charge < -0.3 is 10.0 Å². The normalized spacial score (nSPS) is 10.2. The van der Waals surface area contributed by atoms with Crippen molar-refractivity contribution >= 4 is 23.9 Å². The Morgan fingerprint density at radius 3 is 2.35 bits per heavy atom. The van der Waals surface area contributed by atoms with Gasteiger partial charge in [-0.05, 0) is 18.7 Å². The van der Waals surface area contributed by atoms with Gasteiger partial charge in [0, 0.05) is 37.2 Å². The lowest BCUT2D eigenvalue weighted by molar-refractivity contribution is -0.384. The molecule has 0 amide bonds. The molecule has 0 saturated carbocycles. The highest BCUT2D eigenvalue weighted by molar-refractivity contribution is 5.96. The van der Waals surface area contributed by atoms with Crippen LogP contribution in [0.3, 0.4) is 0 Å². The standard InChI is InChI=1S/C13H18N2O4.ClH/c1-2-14(9-10-16)8-7-13(17)11-3-5-12(6-4-11)15(18)19;/h3-6,16H,2,7-10H2,1H3;1H. The molecule has 1 aromatic rings. The minimum absolute atomic E-state index is 0. The lowest BCUT2D eigenvalue weighted by Crippen LogP contribution is -2.29. The number of hydrogen-bond acceptors (Lipinski definition) is 5. The van der Waals surface area contributed by atoms with Crippen LogP contribution in [0.15, 0.2) is 24.3 Å². The Morgan fingerprint density at radius 2 is 1.90 bits per heavy atom. The monoisotopic (exact) mass is 302 g/mol. The van der Waals surface area contributed by atoms with Crippen LogP contribution in [-0.2, 0) is 0 Å². The molecule has 0 aliphatic heterocycles. The van der Waals surface area contributed by atoms with Gasteiger partial charge in [-0.15, -0.1) is 12.4 Å². The average Bonchev–Trinajstić information content (AvgIpc) is 2.43. The molecule has 0 saturated heterocycles. The second kappa shape index (κ2) is 9.41. The summed E-state index contributed by atoms with van der Waals surface area (Å²) in [4.78, 5) is 23.9. The van der Waals surface area contributed by atoms with Gasteiger partial charge in [0.15, 0.2) is 5.78 Å². The molecule has 1 rings (SSSR count). The quantitative estimate of drug-likeness (QED) is 0.450. The van der Waals surface area contributed by atoms with Crippen LogP contribution >= 0.6 is 12.4 Å². The number of aliphatic hydroxyl groups excluding tert-OH is 1. The molecule has 0 aliphatic carbocycles. The van der Waals surface area contributed by atoms with E-state index in [4.69, 9.17) is 5.11 Å². The third kappa shape index (κ3) is 5.64. The van der Waals surface area contributed by atoms with E-state index in [0.29, 0.717) is 25.1 Å². The minimum atomic E-state index is -0.492. The van der Waals surface area contributed by atoms with E-state index in [1.54, 1.807) is 0 Å². The van der Waals surface area contributed by atoms with Crippen molar-refractivity contribution in [2.24, 2.45) is 0 Å². The van der Waals surface area contributed by atoms with Crippen LogP contribution in [0.2, 0.25) is 0 Å². The average molecular weight is 303 g/mol. The van der Waals surface area contributed by atoms with E-state index in [1.165, 1.54) is 24.3 Å². The smallest absolute Gasteiger partial charge is 0.269 e. The zero-order chi connectivity index (χ0) is 14.3. The summed E-state index contributed by atoms with van der Waals surface area (Å²) in [5.74, 6) is -0.0497. The number of likely N-dealkylation sites (N-methyl/N-ethyl adjacent to an activating group) is 1. The maximum absolute atomic E-state index is 11.9. The zero-order valence-electron chi connectivity index (χ0n) is 11.3. The van der Waals surface area contributed by atoms with Gasteiger partial charge in [-0.25, -0.2) is 0 Å². The third-order valence-corrected chi connectivity index (χ3v) is 2.92. The van der Waals surface area contributed by atoms with Crippen LogP contribution in [0.4, 0.5) is 5.69 Å². The Labute approximate surface area is 124 Å². The summed E-state index contributed by atoms with van der Waals surface area (Å²) in [7, 11) is 0. The van der Waals surface area contributed by atoms with Gasteiger partial charge in [0.05, 0.1) is 11.5 Å². The number of Topliss-reactive ketones (excluding diaryl/α,β-unsaturated/α-hetero) is 1. The molecule has 0 unspecified atom stereocenters. The minimum Gasteiger partial charge on any atom is -0.395 e. The first-order valence-corrected chi connectivity index (χ1v) is 6.19. The fraction of sp³-hybridized carbons (Fsp3) is 0.462. The summed E-state index contributed by atoms with van der Waals surface area (Å²) >= 11 is 0. The van der Waals surface area contributed by atoms with Gasteiger partial charge in [0.2, 0.25) is 0 Å². The number of benzene rings is 1. The third-order valence-electron chi connectivity index (χ3n) is 2.92. The Morgan fingerprint density at radius 1 is 1.30 bits per heavy atom. The predicted molar refractivity (Wildman–Crippen MR) is 78.5 cm³/mol. The van der Waals surface area contributed by atoms with Crippen molar-refractivity contribution in [1.29, 1.82) is 0 Å². The molecule has 1 aromatic carbocycles. The van der Waals surface area contributed by atoms with E-state index in [2.05, 4.69) is 0 Å². The van der Waals surface area contributed by atoms with Crippen LogP contribution in [0, 0.1) is 10.1 Å². The highest BCUT2D eigenvalue weighted by atomic mass is 35.5. The Bertz CT molecular complexity index is 437. The first kappa shape index (κ1) is 18.5. The van der Waals surface area contributed by atoms with Crippen LogP contribution < -0.4 is 0 Å². The van der Waals surface area contributed by atoms with Crippen LogP contribution in [0.5, 0.6) is 0 Å². The first-order valence-electron chi connectivity index (χ1n) is 6.19. The number of aliphatic hydroxyl groups is 1. The Balaban J connectivity index is 0.00000361. The maximum Gasteiger partial charge on any atom is 0.269 e. The van der Waals surface area contributed by atoms with Gasteiger partial charge in [0.25, 0.3) is 5.69 Å². The van der Waals surface area contributed by atoms with E-state index in [0.717, 1.165) is 6.54 Å². The molecule has 0 aliphatic rings. The van der Waals surface area contributed by atoms with Crippen molar-refractivity contribution in [2.45, 2.75) is 13.3 Å². The summed E-state index contributed by atoms with van der Waals surface area (Å²) in [6.45, 7) is 3.93. The first-order chi connectivity index (χ1) is 9.08. The number of nitro benzene ring substituents is 1. The number of carbonyl (C=O) groups is 1. The number of rotatable bonds is 8. The predicted octanol–water partition coefficient (Wildman–Crippen LogP) is 1.90. The van der Waals surface area contributed by atoms with Gasteiger partial charge in [0.1, 0.15) is 0 Å². The molecular formula is C13H19ClN2O4. The van der Waals surface area contributed by atoms with Crippen molar-refractivity contribution in [2.75, 3.05) is 26.2 Å². The van der Waals surface area contributed by atoms with Gasteiger partial charge >= 0.3 is 0 Å². The lowest BCUT2D eigenvalue weighted by atomic mass is 10.1. The second-order valence-corrected chi connectivity index (χ2v) is 4.14. The molecule has 20 heavy (non-hydrogen) atoms. The molecule has 7 heteroatoms. The summed E-state index contributed by atoms with van der Waals surface area (Å²) in [5, 5.41) is 19.3. The Hall–Kier alpha value is -1.50. The van der Waals surface area contributed by atoms with Gasteiger partial charge in [-0.2, -0.15) is 0 Å². The zero-order valence-corrected chi connectivity index (χ0v) is 12.1. The van der Waals surface area contributed by atoms with E-state index >= 15 is 0 Å². The summed E-state index contributed by atoms with van der Waals surface area (Å²) < 4.78 is 0. The highest BCUT2D eigenvalue weighted by Crippen LogP contribution is 2.13. The molecule has 0 fully saturated rings. The lowest BCUT2D eigenvalue weighted by Gasteiger charge is -2.18. The van der Waals surface area contributed by atoms with Crippen molar-refractivity contribution in [3.8, 4) is 0 Å². The summed E-state index contributed by atoms with van der Waals surface area (Å²) in [6.07, 6.45) is 0.339. The van der Waals surface area contributed by atoms with Crippen molar-refractivity contribution in [1.82, 2.24) is 4.90 Å². The van der Waals surface area contributed by atoms with E-state index in [-0.39, 0.29) is 30.5 Å². The molecule has 6 nitrogen and oxygen atoms in total. The van der Waals surface area contributed by atoms with Crippen molar-refractivity contribution in [3.05, 3.63) is 39.9 Å². The summed E-state index contributed by atoms with van der Waals surface area (Å²) in [6, 6.07) is 5.61. The molecule has 0 heterocycles. The molecule has 0 spiro atoms. The number of non-ortho nitro benzene ring substituents is 1. The summed E-state index contributed by atoms with van der Waals surface area (Å²) in [5.41, 5.74) is 0.456. The van der Waals surface area contributed by atoms with Crippen LogP contribution in [0.1, 0.15) is 23.7 Å². The molecule has 0 bridgehead atoms. The number of carbonyl (C=O) groups excluding carboxylic acids is 1. The molecule has 0 aromatic heterocycles. The molecule has 1 N–H and O–H groups in total. The molecule has 112 valence electrons. The van der Waals surface area contributed by atoms with Crippen LogP contribution in [-0.4, -0.2) is 47.0 Å².